The predicted octanol–water partition coefficient (Wildman–Crippen LogP) is 2.61. The molecule has 1 atom stereocenters. The van der Waals surface area contributed by atoms with Gasteiger partial charge in [0.1, 0.15) is 11.6 Å². The van der Waals surface area contributed by atoms with Gasteiger partial charge in [0.05, 0.1) is 4.90 Å². The summed E-state index contributed by atoms with van der Waals surface area (Å²) in [6.45, 7) is 3.76. The minimum atomic E-state index is -3.59. The number of halogens is 1. The van der Waals surface area contributed by atoms with E-state index in [1.54, 1.807) is 6.20 Å². The highest BCUT2D eigenvalue weighted by Gasteiger charge is 2.32. The van der Waals surface area contributed by atoms with Gasteiger partial charge in [0.25, 0.3) is 0 Å². The molecule has 1 aliphatic heterocycles. The Morgan fingerprint density at radius 2 is 2.04 bits per heavy atom. The molecule has 0 unspecified atom stereocenters. The molecule has 1 fully saturated rings. The molecule has 0 saturated carbocycles. The zero-order valence-electron chi connectivity index (χ0n) is 13.0. The Labute approximate surface area is 135 Å². The van der Waals surface area contributed by atoms with Crippen molar-refractivity contribution >= 4 is 10.0 Å². The SMILES string of the molecule is CCn1ccnc1[C@H]1CCCN(S(=O)(=O)c2ccc(F)cc2)C1. The highest BCUT2D eigenvalue weighted by Crippen LogP contribution is 2.29. The average Bonchev–Trinajstić information content (AvgIpc) is 3.04. The van der Waals surface area contributed by atoms with Crippen LogP contribution >= 0.6 is 0 Å². The van der Waals surface area contributed by atoms with Crippen LogP contribution in [0, 0.1) is 5.82 Å². The summed E-state index contributed by atoms with van der Waals surface area (Å²) in [6.07, 6.45) is 5.39. The van der Waals surface area contributed by atoms with Crippen molar-refractivity contribution in [3.8, 4) is 0 Å². The summed E-state index contributed by atoms with van der Waals surface area (Å²) < 4.78 is 42.1. The first kappa shape index (κ1) is 16.1. The van der Waals surface area contributed by atoms with Crippen LogP contribution in [0.15, 0.2) is 41.6 Å². The second-order valence-corrected chi connectivity index (χ2v) is 7.67. The fraction of sp³-hybridized carbons (Fsp3) is 0.438. The highest BCUT2D eigenvalue weighted by molar-refractivity contribution is 7.89. The van der Waals surface area contributed by atoms with E-state index in [1.165, 1.54) is 28.6 Å². The summed E-state index contributed by atoms with van der Waals surface area (Å²) in [6, 6.07) is 5.00. The molecule has 1 aromatic carbocycles. The summed E-state index contributed by atoms with van der Waals surface area (Å²) >= 11 is 0. The zero-order valence-corrected chi connectivity index (χ0v) is 13.8. The van der Waals surface area contributed by atoms with Crippen LogP contribution < -0.4 is 0 Å². The molecule has 2 heterocycles. The molecular formula is C16H20FN3O2S. The highest BCUT2D eigenvalue weighted by atomic mass is 32.2. The standard InChI is InChI=1S/C16H20FN3O2S/c1-2-19-11-9-18-16(19)13-4-3-10-20(12-13)23(21,22)15-7-5-14(17)6-8-15/h5-9,11,13H,2-4,10,12H2,1H3/t13-/m0/s1. The van der Waals surface area contributed by atoms with E-state index in [4.69, 9.17) is 0 Å². The molecule has 1 aromatic heterocycles. The number of piperidine rings is 1. The van der Waals surface area contributed by atoms with Gasteiger partial charge in [0, 0.05) is 37.9 Å². The first-order valence-electron chi connectivity index (χ1n) is 7.79. The number of benzene rings is 1. The van der Waals surface area contributed by atoms with Crippen LogP contribution in [0.1, 0.15) is 31.5 Å². The molecule has 124 valence electrons. The van der Waals surface area contributed by atoms with E-state index in [0.29, 0.717) is 13.1 Å². The topological polar surface area (TPSA) is 55.2 Å². The molecule has 0 N–H and O–H groups in total. The van der Waals surface area contributed by atoms with Gasteiger partial charge < -0.3 is 4.57 Å². The lowest BCUT2D eigenvalue weighted by Gasteiger charge is -2.31. The van der Waals surface area contributed by atoms with Crippen molar-refractivity contribution in [2.45, 2.75) is 37.1 Å². The smallest absolute Gasteiger partial charge is 0.243 e. The van der Waals surface area contributed by atoms with E-state index in [0.717, 1.165) is 25.2 Å². The van der Waals surface area contributed by atoms with Gasteiger partial charge in [0.15, 0.2) is 0 Å². The van der Waals surface area contributed by atoms with Crippen molar-refractivity contribution in [3.05, 3.63) is 48.3 Å². The lowest BCUT2D eigenvalue weighted by molar-refractivity contribution is 0.305. The van der Waals surface area contributed by atoms with Crippen LogP contribution in [0.2, 0.25) is 0 Å². The Morgan fingerprint density at radius 1 is 1.30 bits per heavy atom. The normalized spacial score (nSPS) is 19.8. The molecule has 1 aliphatic rings. The third-order valence-electron chi connectivity index (χ3n) is 4.29. The molecule has 0 aliphatic carbocycles. The molecule has 23 heavy (non-hydrogen) atoms. The van der Waals surface area contributed by atoms with Gasteiger partial charge in [-0.2, -0.15) is 4.31 Å². The molecule has 0 radical (unpaired) electrons. The molecule has 0 amide bonds. The molecule has 2 aromatic rings. The fourth-order valence-corrected chi connectivity index (χ4v) is 4.60. The third kappa shape index (κ3) is 3.16. The average molecular weight is 337 g/mol. The zero-order chi connectivity index (χ0) is 16.4. The van der Waals surface area contributed by atoms with Gasteiger partial charge in [-0.3, -0.25) is 0 Å². The molecule has 5 nitrogen and oxygen atoms in total. The maximum atomic E-state index is 13.0. The van der Waals surface area contributed by atoms with Gasteiger partial charge in [0.2, 0.25) is 10.0 Å². The number of sulfonamides is 1. The van der Waals surface area contributed by atoms with Crippen LogP contribution in [0.3, 0.4) is 0 Å². The first-order chi connectivity index (χ1) is 11.0. The largest absolute Gasteiger partial charge is 0.335 e. The molecule has 1 saturated heterocycles. The number of aryl methyl sites for hydroxylation is 1. The van der Waals surface area contributed by atoms with Crippen molar-refractivity contribution in [2.24, 2.45) is 0 Å². The number of hydrogen-bond acceptors (Lipinski definition) is 3. The number of aromatic nitrogens is 2. The Bertz CT molecular complexity index is 771. The van der Waals surface area contributed by atoms with Crippen molar-refractivity contribution in [2.75, 3.05) is 13.1 Å². The van der Waals surface area contributed by atoms with Crippen LogP contribution in [0.25, 0.3) is 0 Å². The van der Waals surface area contributed by atoms with Crippen molar-refractivity contribution in [1.29, 1.82) is 0 Å². The summed E-state index contributed by atoms with van der Waals surface area (Å²) in [7, 11) is -3.59. The van der Waals surface area contributed by atoms with Gasteiger partial charge in [-0.15, -0.1) is 0 Å². The van der Waals surface area contributed by atoms with E-state index in [-0.39, 0.29) is 10.8 Å². The van der Waals surface area contributed by atoms with Crippen molar-refractivity contribution < 1.29 is 12.8 Å². The third-order valence-corrected chi connectivity index (χ3v) is 6.17. The molecule has 3 rings (SSSR count). The quantitative estimate of drug-likeness (QED) is 0.862. The Hall–Kier alpha value is -1.73. The molecular weight excluding hydrogens is 317 g/mol. The van der Waals surface area contributed by atoms with E-state index in [9.17, 15) is 12.8 Å². The maximum Gasteiger partial charge on any atom is 0.243 e. The van der Waals surface area contributed by atoms with Crippen LogP contribution in [0.5, 0.6) is 0 Å². The minimum Gasteiger partial charge on any atom is -0.335 e. The Kier molecular flexibility index (Phi) is 4.50. The second-order valence-electron chi connectivity index (χ2n) is 5.73. The lowest BCUT2D eigenvalue weighted by Crippen LogP contribution is -2.39. The van der Waals surface area contributed by atoms with Crippen molar-refractivity contribution in [1.82, 2.24) is 13.9 Å². The van der Waals surface area contributed by atoms with E-state index in [1.807, 2.05) is 13.1 Å². The van der Waals surface area contributed by atoms with Crippen molar-refractivity contribution in [3.63, 3.8) is 0 Å². The minimum absolute atomic E-state index is 0.0916. The lowest BCUT2D eigenvalue weighted by atomic mass is 9.99. The number of imidazole rings is 1. The monoisotopic (exact) mass is 337 g/mol. The van der Waals surface area contributed by atoms with Gasteiger partial charge in [-0.1, -0.05) is 0 Å². The van der Waals surface area contributed by atoms with Gasteiger partial charge >= 0.3 is 0 Å². The van der Waals surface area contributed by atoms with Crippen LogP contribution in [-0.2, 0) is 16.6 Å². The van der Waals surface area contributed by atoms with E-state index < -0.39 is 15.8 Å². The van der Waals surface area contributed by atoms with E-state index in [2.05, 4.69) is 9.55 Å². The molecule has 0 spiro atoms. The number of nitrogens with zero attached hydrogens (tertiary/aromatic N) is 3. The predicted molar refractivity (Wildman–Crippen MR) is 85.0 cm³/mol. The molecule has 7 heteroatoms. The summed E-state index contributed by atoms with van der Waals surface area (Å²) in [5.74, 6) is 0.589. The van der Waals surface area contributed by atoms with Crippen LogP contribution in [0.4, 0.5) is 4.39 Å². The van der Waals surface area contributed by atoms with Gasteiger partial charge in [-0.25, -0.2) is 17.8 Å². The summed E-state index contributed by atoms with van der Waals surface area (Å²) in [5.41, 5.74) is 0. The maximum absolute atomic E-state index is 13.0. The van der Waals surface area contributed by atoms with Crippen LogP contribution in [-0.4, -0.2) is 35.4 Å². The summed E-state index contributed by atoms with van der Waals surface area (Å²) in [4.78, 5) is 4.54. The number of hydrogen-bond donors (Lipinski definition) is 0. The first-order valence-corrected chi connectivity index (χ1v) is 9.23. The molecule has 0 bridgehead atoms. The number of rotatable bonds is 4. The summed E-state index contributed by atoms with van der Waals surface area (Å²) in [5, 5.41) is 0. The van der Waals surface area contributed by atoms with Gasteiger partial charge in [-0.05, 0) is 44.0 Å². The Morgan fingerprint density at radius 3 is 2.74 bits per heavy atom. The Balaban J connectivity index is 1.84. The second kappa shape index (κ2) is 6.41. The van der Waals surface area contributed by atoms with E-state index >= 15 is 0 Å². The fourth-order valence-electron chi connectivity index (χ4n) is 3.08.